The molecular formula is C9H16. The maximum atomic E-state index is 2.42. The SMILES string of the molecule is CCCC/C=C1/CC1C. The predicted octanol–water partition coefficient (Wildman–Crippen LogP) is 3.14. The highest BCUT2D eigenvalue weighted by atomic mass is 14.3. The third-order valence-electron chi connectivity index (χ3n) is 1.98. The van der Waals surface area contributed by atoms with Crippen LogP contribution in [0.1, 0.15) is 39.5 Å². The highest BCUT2D eigenvalue weighted by molar-refractivity contribution is 5.21. The average Bonchev–Trinajstić information content (AvgIpc) is 2.48. The summed E-state index contributed by atoms with van der Waals surface area (Å²) in [5.41, 5.74) is 1.70. The first kappa shape index (κ1) is 6.85. The maximum Gasteiger partial charge on any atom is -0.0194 e. The first-order chi connectivity index (χ1) is 4.34. The second kappa shape index (κ2) is 3.05. The fourth-order valence-corrected chi connectivity index (χ4v) is 1.07. The Labute approximate surface area is 58.0 Å². The summed E-state index contributed by atoms with van der Waals surface area (Å²) in [6, 6.07) is 0. The topological polar surface area (TPSA) is 0 Å². The van der Waals surface area contributed by atoms with Crippen LogP contribution >= 0.6 is 0 Å². The van der Waals surface area contributed by atoms with Gasteiger partial charge in [0.2, 0.25) is 0 Å². The lowest BCUT2D eigenvalue weighted by Gasteiger charge is -1.85. The van der Waals surface area contributed by atoms with Gasteiger partial charge in [-0.25, -0.2) is 0 Å². The van der Waals surface area contributed by atoms with Gasteiger partial charge in [-0.2, -0.15) is 0 Å². The minimum atomic E-state index is 0.932. The molecule has 0 amide bonds. The van der Waals surface area contributed by atoms with Crippen molar-refractivity contribution in [1.82, 2.24) is 0 Å². The van der Waals surface area contributed by atoms with Crippen molar-refractivity contribution in [3.8, 4) is 0 Å². The van der Waals surface area contributed by atoms with E-state index >= 15 is 0 Å². The van der Waals surface area contributed by atoms with Crippen LogP contribution in [0.4, 0.5) is 0 Å². The summed E-state index contributed by atoms with van der Waals surface area (Å²) in [6.07, 6.45) is 7.82. The quantitative estimate of drug-likeness (QED) is 0.400. The third kappa shape index (κ3) is 2.21. The lowest BCUT2D eigenvalue weighted by Crippen LogP contribution is -1.66. The molecule has 0 N–H and O–H groups in total. The van der Waals surface area contributed by atoms with Gasteiger partial charge >= 0.3 is 0 Å². The van der Waals surface area contributed by atoms with Gasteiger partial charge in [0.15, 0.2) is 0 Å². The number of unbranched alkanes of at least 4 members (excludes halogenated alkanes) is 2. The molecule has 1 atom stereocenters. The summed E-state index contributed by atoms with van der Waals surface area (Å²) in [6.45, 7) is 4.55. The van der Waals surface area contributed by atoms with E-state index < -0.39 is 0 Å². The number of hydrogen-bond donors (Lipinski definition) is 0. The molecule has 1 aliphatic rings. The molecule has 1 aliphatic carbocycles. The second-order valence-electron chi connectivity index (χ2n) is 3.03. The summed E-state index contributed by atoms with van der Waals surface area (Å²) in [5.74, 6) is 0.932. The standard InChI is InChI=1S/C9H16/c1-3-4-5-6-9-7-8(9)2/h6,8H,3-5,7H2,1-2H3/b9-6-. The molecule has 0 saturated heterocycles. The normalized spacial score (nSPS) is 29.1. The zero-order valence-electron chi connectivity index (χ0n) is 6.48. The first-order valence-electron chi connectivity index (χ1n) is 4.03. The van der Waals surface area contributed by atoms with Gasteiger partial charge in [0.1, 0.15) is 0 Å². The first-order valence-corrected chi connectivity index (χ1v) is 4.03. The van der Waals surface area contributed by atoms with Crippen LogP contribution < -0.4 is 0 Å². The molecule has 1 rings (SSSR count). The average molecular weight is 124 g/mol. The molecule has 0 aromatic heterocycles. The Hall–Kier alpha value is -0.260. The Bertz CT molecular complexity index is 111. The van der Waals surface area contributed by atoms with Gasteiger partial charge in [-0.1, -0.05) is 38.3 Å². The molecule has 0 radical (unpaired) electrons. The Morgan fingerprint density at radius 1 is 1.67 bits per heavy atom. The van der Waals surface area contributed by atoms with Gasteiger partial charge in [0.25, 0.3) is 0 Å². The summed E-state index contributed by atoms with van der Waals surface area (Å²) >= 11 is 0. The van der Waals surface area contributed by atoms with Gasteiger partial charge in [-0.15, -0.1) is 0 Å². The summed E-state index contributed by atoms with van der Waals surface area (Å²) in [4.78, 5) is 0. The molecule has 52 valence electrons. The van der Waals surface area contributed by atoms with Crippen molar-refractivity contribution in [3.05, 3.63) is 11.6 Å². The van der Waals surface area contributed by atoms with E-state index in [1.165, 1.54) is 25.7 Å². The van der Waals surface area contributed by atoms with Crippen molar-refractivity contribution in [2.24, 2.45) is 5.92 Å². The lowest BCUT2D eigenvalue weighted by atomic mass is 10.2. The minimum Gasteiger partial charge on any atom is -0.0850 e. The van der Waals surface area contributed by atoms with Gasteiger partial charge in [0.05, 0.1) is 0 Å². The zero-order valence-corrected chi connectivity index (χ0v) is 6.48. The van der Waals surface area contributed by atoms with Gasteiger partial charge in [-0.3, -0.25) is 0 Å². The molecule has 0 aromatic rings. The fourth-order valence-electron chi connectivity index (χ4n) is 1.07. The zero-order chi connectivity index (χ0) is 6.69. The minimum absolute atomic E-state index is 0.932. The molecule has 1 fully saturated rings. The number of allylic oxidation sites excluding steroid dienone is 2. The van der Waals surface area contributed by atoms with Gasteiger partial charge in [-0.05, 0) is 18.8 Å². The van der Waals surface area contributed by atoms with Crippen molar-refractivity contribution in [2.45, 2.75) is 39.5 Å². The van der Waals surface area contributed by atoms with E-state index in [9.17, 15) is 0 Å². The van der Waals surface area contributed by atoms with Gasteiger partial charge in [0, 0.05) is 0 Å². The molecule has 0 aromatic carbocycles. The second-order valence-corrected chi connectivity index (χ2v) is 3.03. The summed E-state index contributed by atoms with van der Waals surface area (Å²) < 4.78 is 0. The molecule has 0 spiro atoms. The van der Waals surface area contributed by atoms with E-state index in [1.807, 2.05) is 0 Å². The molecule has 0 heterocycles. The van der Waals surface area contributed by atoms with E-state index in [0.717, 1.165) is 5.92 Å². The Morgan fingerprint density at radius 2 is 2.33 bits per heavy atom. The molecular weight excluding hydrogens is 108 g/mol. The summed E-state index contributed by atoms with van der Waals surface area (Å²) in [5, 5.41) is 0. The molecule has 0 aliphatic heterocycles. The van der Waals surface area contributed by atoms with Crippen molar-refractivity contribution >= 4 is 0 Å². The van der Waals surface area contributed by atoms with Crippen LogP contribution in [0.3, 0.4) is 0 Å². The fraction of sp³-hybridized carbons (Fsp3) is 0.778. The summed E-state index contributed by atoms with van der Waals surface area (Å²) in [7, 11) is 0. The molecule has 0 heteroatoms. The van der Waals surface area contributed by atoms with Crippen LogP contribution in [0.25, 0.3) is 0 Å². The van der Waals surface area contributed by atoms with E-state index in [4.69, 9.17) is 0 Å². The van der Waals surface area contributed by atoms with Crippen LogP contribution in [-0.4, -0.2) is 0 Å². The van der Waals surface area contributed by atoms with E-state index in [2.05, 4.69) is 19.9 Å². The van der Waals surface area contributed by atoms with Crippen molar-refractivity contribution in [3.63, 3.8) is 0 Å². The Kier molecular flexibility index (Phi) is 2.32. The van der Waals surface area contributed by atoms with E-state index in [0.29, 0.717) is 0 Å². The molecule has 1 unspecified atom stereocenters. The highest BCUT2D eigenvalue weighted by Gasteiger charge is 2.22. The Morgan fingerprint density at radius 3 is 2.78 bits per heavy atom. The van der Waals surface area contributed by atoms with Crippen LogP contribution in [0.5, 0.6) is 0 Å². The maximum absolute atomic E-state index is 2.42. The molecule has 1 saturated carbocycles. The van der Waals surface area contributed by atoms with E-state index in [-0.39, 0.29) is 0 Å². The van der Waals surface area contributed by atoms with Crippen molar-refractivity contribution in [1.29, 1.82) is 0 Å². The van der Waals surface area contributed by atoms with Crippen molar-refractivity contribution in [2.75, 3.05) is 0 Å². The van der Waals surface area contributed by atoms with Crippen molar-refractivity contribution < 1.29 is 0 Å². The van der Waals surface area contributed by atoms with Gasteiger partial charge < -0.3 is 0 Å². The number of rotatable bonds is 3. The predicted molar refractivity (Wildman–Crippen MR) is 41.4 cm³/mol. The smallest absolute Gasteiger partial charge is 0.0194 e. The third-order valence-corrected chi connectivity index (χ3v) is 1.98. The van der Waals surface area contributed by atoms with E-state index in [1.54, 1.807) is 5.57 Å². The molecule has 9 heavy (non-hydrogen) atoms. The van der Waals surface area contributed by atoms with Crippen LogP contribution in [0, 0.1) is 5.92 Å². The molecule has 0 bridgehead atoms. The largest absolute Gasteiger partial charge is 0.0850 e. The van der Waals surface area contributed by atoms with Crippen LogP contribution in [0.2, 0.25) is 0 Å². The highest BCUT2D eigenvalue weighted by Crippen LogP contribution is 2.36. The Balaban J connectivity index is 2.04. The van der Waals surface area contributed by atoms with Crippen LogP contribution in [0.15, 0.2) is 11.6 Å². The molecule has 0 nitrogen and oxygen atoms in total. The van der Waals surface area contributed by atoms with Crippen LogP contribution in [-0.2, 0) is 0 Å². The lowest BCUT2D eigenvalue weighted by molar-refractivity contribution is 0.812. The monoisotopic (exact) mass is 124 g/mol. The number of hydrogen-bond acceptors (Lipinski definition) is 0.